The number of fused-ring (bicyclic) bond motifs is 2. The maximum absolute atomic E-state index is 13.0. The van der Waals surface area contributed by atoms with Crippen LogP contribution in [0, 0.1) is 0 Å². The summed E-state index contributed by atoms with van der Waals surface area (Å²) in [6.45, 7) is 3.56. The molecule has 0 aliphatic rings. The second kappa shape index (κ2) is 11.1. The lowest BCUT2D eigenvalue weighted by molar-refractivity contribution is 0.0761. The van der Waals surface area contributed by atoms with Crippen LogP contribution >= 0.6 is 0 Å². The van der Waals surface area contributed by atoms with Crippen LogP contribution in [0.5, 0.6) is 0 Å². The number of H-pyrrole nitrogens is 1. The van der Waals surface area contributed by atoms with Crippen molar-refractivity contribution in [3.8, 4) is 11.1 Å². The summed E-state index contributed by atoms with van der Waals surface area (Å²) in [4.78, 5) is 26.4. The number of aliphatic hydroxyl groups is 1. The predicted molar refractivity (Wildman–Crippen MR) is 152 cm³/mol. The minimum absolute atomic E-state index is 0.0456. The summed E-state index contributed by atoms with van der Waals surface area (Å²) in [6.07, 6.45) is 9.62. The third-order valence-electron chi connectivity index (χ3n) is 6.76. The van der Waals surface area contributed by atoms with Crippen molar-refractivity contribution in [2.75, 3.05) is 12.0 Å². The molecule has 4 aromatic heterocycles. The van der Waals surface area contributed by atoms with Crippen LogP contribution in [-0.2, 0) is 22.9 Å². The standard InChI is InChI=1S/C27H29N9O4S/c1-4-9-35(27(38)25-30-15-31-34-25)16(2)5-8-21-23(41(3,39)40)24(28)36-26(33-21)20(13-32-36)19-11-18-7-6-17(14-37)10-22(18)29-12-19/h4,6-7,9-13,15-16,37H,5,8,14,28H2,1-3H3,(H,30,31,34)/b9-4-/t16-/m1/s1. The van der Waals surface area contributed by atoms with E-state index >= 15 is 0 Å². The maximum Gasteiger partial charge on any atom is 0.295 e. The smallest absolute Gasteiger partial charge is 0.295 e. The predicted octanol–water partition coefficient (Wildman–Crippen LogP) is 2.54. The number of nitrogens with zero attached hydrogens (tertiary/aromatic N) is 7. The third-order valence-corrected chi connectivity index (χ3v) is 7.94. The lowest BCUT2D eigenvalue weighted by Crippen LogP contribution is -2.35. The minimum Gasteiger partial charge on any atom is -0.392 e. The number of sulfone groups is 1. The molecule has 1 atom stereocenters. The molecule has 1 aromatic carbocycles. The molecule has 14 heteroatoms. The SMILES string of the molecule is C/C=C\N(C(=O)c1nnc[nH]1)[C@H](C)CCc1nc2c(-c3cnc4cc(CO)ccc4c3)cnn2c(N)c1S(C)(=O)=O. The largest absolute Gasteiger partial charge is 0.392 e. The molecular weight excluding hydrogens is 546 g/mol. The Balaban J connectivity index is 1.54. The highest BCUT2D eigenvalue weighted by molar-refractivity contribution is 7.91. The normalized spacial score (nSPS) is 12.9. The molecule has 0 fully saturated rings. The number of nitrogens with two attached hydrogens (primary N) is 1. The molecule has 5 aromatic rings. The lowest BCUT2D eigenvalue weighted by atomic mass is 10.1. The molecule has 0 aliphatic carbocycles. The number of amides is 1. The number of aryl methyl sites for hydroxylation is 1. The zero-order chi connectivity index (χ0) is 29.3. The summed E-state index contributed by atoms with van der Waals surface area (Å²) < 4.78 is 27.0. The number of nitrogens with one attached hydrogen (secondary N) is 1. The summed E-state index contributed by atoms with van der Waals surface area (Å²) in [5.41, 5.74) is 9.88. The molecule has 13 nitrogen and oxygen atoms in total. The molecule has 212 valence electrons. The van der Waals surface area contributed by atoms with Crippen molar-refractivity contribution in [3.63, 3.8) is 0 Å². The van der Waals surface area contributed by atoms with E-state index in [1.54, 1.807) is 31.6 Å². The number of benzene rings is 1. The van der Waals surface area contributed by atoms with Crippen molar-refractivity contribution >= 4 is 38.1 Å². The fourth-order valence-corrected chi connectivity index (χ4v) is 5.77. The van der Waals surface area contributed by atoms with Gasteiger partial charge in [-0.1, -0.05) is 18.2 Å². The van der Waals surface area contributed by atoms with Crippen LogP contribution in [0.25, 0.3) is 27.7 Å². The summed E-state index contributed by atoms with van der Waals surface area (Å²) in [5, 5.41) is 22.1. The molecule has 4 N–H and O–H groups in total. The molecule has 41 heavy (non-hydrogen) atoms. The van der Waals surface area contributed by atoms with Crippen molar-refractivity contribution in [1.29, 1.82) is 0 Å². The first-order chi connectivity index (χ1) is 19.6. The molecular formula is C27H29N9O4S. The van der Waals surface area contributed by atoms with Crippen LogP contribution in [0.4, 0.5) is 5.82 Å². The maximum atomic E-state index is 13.0. The Morgan fingerprint density at radius 1 is 1.27 bits per heavy atom. The average Bonchev–Trinajstić information content (AvgIpc) is 3.64. The molecule has 1 amide bonds. The molecule has 0 saturated heterocycles. The number of pyridine rings is 1. The molecule has 0 bridgehead atoms. The number of hydrogen-bond donors (Lipinski definition) is 3. The van der Waals surface area contributed by atoms with E-state index in [0.29, 0.717) is 17.6 Å². The number of allylic oxidation sites excluding steroid dienone is 1. The number of rotatable bonds is 9. The summed E-state index contributed by atoms with van der Waals surface area (Å²) in [5.74, 6) is -0.320. The fraction of sp³-hybridized carbons (Fsp3) is 0.259. The van der Waals surface area contributed by atoms with E-state index in [1.165, 1.54) is 15.7 Å². The number of aromatic nitrogens is 7. The number of carbonyl (C=O) groups excluding carboxylic acids is 1. The number of aliphatic hydroxyl groups excluding tert-OH is 1. The first kappa shape index (κ1) is 27.9. The van der Waals surface area contributed by atoms with Crippen LogP contribution in [-0.4, -0.2) is 71.4 Å². The minimum atomic E-state index is -3.78. The van der Waals surface area contributed by atoms with E-state index in [1.807, 2.05) is 31.2 Å². The van der Waals surface area contributed by atoms with Gasteiger partial charge < -0.3 is 20.7 Å². The van der Waals surface area contributed by atoms with Gasteiger partial charge in [0.2, 0.25) is 5.82 Å². The van der Waals surface area contributed by atoms with E-state index < -0.39 is 9.84 Å². The lowest BCUT2D eigenvalue weighted by Gasteiger charge is -2.25. The summed E-state index contributed by atoms with van der Waals surface area (Å²) >= 11 is 0. The number of nitrogen functional groups attached to an aromatic ring is 1. The Hall–Kier alpha value is -4.69. The topological polar surface area (TPSA) is 185 Å². The van der Waals surface area contributed by atoms with E-state index in [2.05, 4.69) is 25.3 Å². The molecule has 0 radical (unpaired) electrons. The fourth-order valence-electron chi connectivity index (χ4n) is 4.73. The van der Waals surface area contributed by atoms with Crippen LogP contribution in [0.1, 0.15) is 42.1 Å². The van der Waals surface area contributed by atoms with Crippen LogP contribution < -0.4 is 5.73 Å². The van der Waals surface area contributed by atoms with Crippen molar-refractivity contribution in [1.82, 2.24) is 39.7 Å². The Morgan fingerprint density at radius 3 is 2.76 bits per heavy atom. The van der Waals surface area contributed by atoms with Gasteiger partial charge >= 0.3 is 0 Å². The number of hydrogen-bond acceptors (Lipinski definition) is 10. The zero-order valence-electron chi connectivity index (χ0n) is 22.7. The van der Waals surface area contributed by atoms with E-state index in [0.717, 1.165) is 28.3 Å². The van der Waals surface area contributed by atoms with Gasteiger partial charge in [-0.15, -0.1) is 10.2 Å². The first-order valence-corrected chi connectivity index (χ1v) is 14.7. The van der Waals surface area contributed by atoms with Gasteiger partial charge in [-0.3, -0.25) is 9.78 Å². The van der Waals surface area contributed by atoms with Gasteiger partial charge in [-0.2, -0.15) is 9.61 Å². The van der Waals surface area contributed by atoms with Gasteiger partial charge in [0.15, 0.2) is 15.5 Å². The Kier molecular flexibility index (Phi) is 7.51. The third kappa shape index (κ3) is 5.38. The Morgan fingerprint density at radius 2 is 2.07 bits per heavy atom. The van der Waals surface area contributed by atoms with Gasteiger partial charge in [-0.05, 0) is 44.4 Å². The average molecular weight is 576 g/mol. The van der Waals surface area contributed by atoms with Gasteiger partial charge in [0.25, 0.3) is 5.91 Å². The zero-order valence-corrected chi connectivity index (χ0v) is 23.5. The van der Waals surface area contributed by atoms with E-state index in [9.17, 15) is 18.3 Å². The van der Waals surface area contributed by atoms with Crippen molar-refractivity contribution in [3.05, 3.63) is 72.3 Å². The molecule has 0 aliphatic heterocycles. The second-order valence-corrected chi connectivity index (χ2v) is 11.6. The number of carbonyl (C=O) groups is 1. The molecule has 5 rings (SSSR count). The van der Waals surface area contributed by atoms with Crippen molar-refractivity contribution in [2.45, 2.75) is 44.2 Å². The first-order valence-electron chi connectivity index (χ1n) is 12.8. The van der Waals surface area contributed by atoms with Crippen molar-refractivity contribution < 1.29 is 18.3 Å². The van der Waals surface area contributed by atoms with Gasteiger partial charge in [0.05, 0.1) is 24.0 Å². The Bertz CT molecular complexity index is 1880. The van der Waals surface area contributed by atoms with Crippen molar-refractivity contribution in [2.24, 2.45) is 0 Å². The van der Waals surface area contributed by atoms with Gasteiger partial charge in [-0.25, -0.2) is 13.4 Å². The molecule has 0 saturated carbocycles. The second-order valence-electron chi connectivity index (χ2n) is 9.67. The van der Waals surface area contributed by atoms with Crippen LogP contribution in [0.3, 0.4) is 0 Å². The summed E-state index contributed by atoms with van der Waals surface area (Å²) in [7, 11) is -3.78. The quantitative estimate of drug-likeness (QED) is 0.236. The highest BCUT2D eigenvalue weighted by Crippen LogP contribution is 2.31. The van der Waals surface area contributed by atoms with Crippen LogP contribution in [0.2, 0.25) is 0 Å². The molecule has 0 spiro atoms. The molecule has 0 unspecified atom stereocenters. The number of anilines is 1. The number of aromatic amines is 1. The van der Waals surface area contributed by atoms with Gasteiger partial charge in [0.1, 0.15) is 17.0 Å². The molecule has 4 heterocycles. The summed E-state index contributed by atoms with van der Waals surface area (Å²) in [6, 6.07) is 7.09. The monoisotopic (exact) mass is 575 g/mol. The van der Waals surface area contributed by atoms with Gasteiger partial charge in [0, 0.05) is 41.2 Å². The van der Waals surface area contributed by atoms with Crippen LogP contribution in [0.15, 0.2) is 60.2 Å². The highest BCUT2D eigenvalue weighted by atomic mass is 32.2. The Labute approximate surface area is 235 Å². The highest BCUT2D eigenvalue weighted by Gasteiger charge is 2.27. The van der Waals surface area contributed by atoms with E-state index in [-0.39, 0.29) is 47.2 Å². The van der Waals surface area contributed by atoms with E-state index in [4.69, 9.17) is 10.7 Å².